The highest BCUT2D eigenvalue weighted by molar-refractivity contribution is 5.74. The van der Waals surface area contributed by atoms with Crippen LogP contribution in [-0.4, -0.2) is 24.3 Å². The Morgan fingerprint density at radius 3 is 2.32 bits per heavy atom. The van der Waals surface area contributed by atoms with Gasteiger partial charge in [-0.25, -0.2) is 0 Å². The van der Waals surface area contributed by atoms with E-state index < -0.39 is 5.97 Å². The Balaban J connectivity index is 1.85. The molecule has 2 aliphatic rings. The number of carbonyl (C=O) groups is 1. The summed E-state index contributed by atoms with van der Waals surface area (Å²) in [5.74, 6) is -0.0530. The van der Waals surface area contributed by atoms with Gasteiger partial charge in [0.05, 0.1) is 19.1 Å². The SMILES string of the molecule is CC(C)c1ccc(C2(C3CC3C(=O)O)COC2)cc1. The van der Waals surface area contributed by atoms with Crippen LogP contribution in [0.5, 0.6) is 0 Å². The Morgan fingerprint density at radius 2 is 1.95 bits per heavy atom. The van der Waals surface area contributed by atoms with E-state index in [0.29, 0.717) is 19.1 Å². The maximum absolute atomic E-state index is 11.1. The second-order valence-corrected chi connectivity index (χ2v) is 6.21. The molecule has 19 heavy (non-hydrogen) atoms. The molecule has 1 aliphatic heterocycles. The maximum atomic E-state index is 11.1. The maximum Gasteiger partial charge on any atom is 0.306 e. The first-order chi connectivity index (χ1) is 9.04. The van der Waals surface area contributed by atoms with E-state index in [1.807, 2.05) is 0 Å². The topological polar surface area (TPSA) is 46.5 Å². The normalized spacial score (nSPS) is 27.9. The third-order valence-electron chi connectivity index (χ3n) is 4.69. The minimum Gasteiger partial charge on any atom is -0.481 e. The number of aliphatic carboxylic acids is 1. The van der Waals surface area contributed by atoms with E-state index in [4.69, 9.17) is 9.84 Å². The molecule has 1 saturated heterocycles. The fourth-order valence-electron chi connectivity index (χ4n) is 3.20. The molecule has 2 fully saturated rings. The zero-order valence-electron chi connectivity index (χ0n) is 11.4. The van der Waals surface area contributed by atoms with E-state index in [2.05, 4.69) is 38.1 Å². The van der Waals surface area contributed by atoms with Gasteiger partial charge < -0.3 is 9.84 Å². The first-order valence-corrected chi connectivity index (χ1v) is 6.95. The molecule has 2 unspecified atom stereocenters. The van der Waals surface area contributed by atoms with Crippen molar-refractivity contribution in [2.24, 2.45) is 11.8 Å². The molecular formula is C16H20O3. The molecule has 0 aromatic heterocycles. The van der Waals surface area contributed by atoms with Gasteiger partial charge in [-0.1, -0.05) is 38.1 Å². The highest BCUT2D eigenvalue weighted by atomic mass is 16.5. The first kappa shape index (κ1) is 12.7. The second kappa shape index (κ2) is 4.34. The minimum absolute atomic E-state index is 0.0431. The predicted molar refractivity (Wildman–Crippen MR) is 72.3 cm³/mol. The fourth-order valence-corrected chi connectivity index (χ4v) is 3.20. The summed E-state index contributed by atoms with van der Waals surface area (Å²) < 4.78 is 5.41. The molecule has 3 nitrogen and oxygen atoms in total. The number of hydrogen-bond donors (Lipinski definition) is 1. The van der Waals surface area contributed by atoms with Crippen LogP contribution in [-0.2, 0) is 14.9 Å². The summed E-state index contributed by atoms with van der Waals surface area (Å²) in [7, 11) is 0. The van der Waals surface area contributed by atoms with Gasteiger partial charge in [-0.3, -0.25) is 4.79 Å². The van der Waals surface area contributed by atoms with Crippen LogP contribution in [0.3, 0.4) is 0 Å². The van der Waals surface area contributed by atoms with Crippen molar-refractivity contribution in [3.63, 3.8) is 0 Å². The molecule has 3 heteroatoms. The largest absolute Gasteiger partial charge is 0.481 e. The van der Waals surface area contributed by atoms with Gasteiger partial charge in [0.25, 0.3) is 0 Å². The number of ether oxygens (including phenoxy) is 1. The van der Waals surface area contributed by atoms with Crippen LogP contribution in [0.2, 0.25) is 0 Å². The van der Waals surface area contributed by atoms with Crippen molar-refractivity contribution < 1.29 is 14.6 Å². The van der Waals surface area contributed by atoms with Gasteiger partial charge in [0.1, 0.15) is 0 Å². The van der Waals surface area contributed by atoms with Crippen LogP contribution in [0.15, 0.2) is 24.3 Å². The molecule has 0 radical (unpaired) electrons. The number of carboxylic acid groups (broad SMARTS) is 1. The van der Waals surface area contributed by atoms with Crippen LogP contribution in [0.1, 0.15) is 37.3 Å². The Morgan fingerprint density at radius 1 is 1.32 bits per heavy atom. The highest BCUT2D eigenvalue weighted by Gasteiger charge is 2.60. The lowest BCUT2D eigenvalue weighted by atomic mass is 9.73. The average Bonchev–Trinajstić information content (AvgIpc) is 3.09. The van der Waals surface area contributed by atoms with Gasteiger partial charge in [-0.05, 0) is 29.4 Å². The quantitative estimate of drug-likeness (QED) is 0.905. The smallest absolute Gasteiger partial charge is 0.306 e. The zero-order chi connectivity index (χ0) is 13.6. The van der Waals surface area contributed by atoms with Crippen LogP contribution in [0.25, 0.3) is 0 Å². The van der Waals surface area contributed by atoms with Gasteiger partial charge in [0, 0.05) is 5.41 Å². The molecule has 1 N–H and O–H groups in total. The van der Waals surface area contributed by atoms with E-state index >= 15 is 0 Å². The lowest BCUT2D eigenvalue weighted by Gasteiger charge is -2.43. The molecule has 102 valence electrons. The van der Waals surface area contributed by atoms with Gasteiger partial charge in [-0.2, -0.15) is 0 Å². The minimum atomic E-state index is -0.657. The second-order valence-electron chi connectivity index (χ2n) is 6.21. The van der Waals surface area contributed by atoms with Crippen molar-refractivity contribution in [2.75, 3.05) is 13.2 Å². The molecule has 3 rings (SSSR count). The Labute approximate surface area is 113 Å². The third-order valence-corrected chi connectivity index (χ3v) is 4.69. The summed E-state index contributed by atoms with van der Waals surface area (Å²) in [5.41, 5.74) is 2.53. The zero-order valence-corrected chi connectivity index (χ0v) is 11.4. The van der Waals surface area contributed by atoms with Crippen LogP contribution >= 0.6 is 0 Å². The predicted octanol–water partition coefficient (Wildman–Crippen LogP) is 2.80. The van der Waals surface area contributed by atoms with Gasteiger partial charge >= 0.3 is 5.97 Å². The molecule has 1 saturated carbocycles. The molecule has 0 amide bonds. The van der Waals surface area contributed by atoms with Crippen LogP contribution in [0, 0.1) is 11.8 Å². The lowest BCUT2D eigenvalue weighted by Crippen LogP contribution is -2.49. The van der Waals surface area contributed by atoms with Crippen LogP contribution in [0.4, 0.5) is 0 Å². The monoisotopic (exact) mass is 260 g/mol. The molecule has 1 heterocycles. The van der Waals surface area contributed by atoms with Crippen LogP contribution < -0.4 is 0 Å². The molecule has 1 aliphatic carbocycles. The fraction of sp³-hybridized carbons (Fsp3) is 0.562. The molecule has 0 bridgehead atoms. The Kier molecular flexibility index (Phi) is 2.90. The standard InChI is InChI=1S/C16H20O3/c1-10(2)11-3-5-12(6-4-11)16(8-19-9-16)14-7-13(14)15(17)18/h3-6,10,13-14H,7-9H2,1-2H3,(H,17,18). The van der Waals surface area contributed by atoms with E-state index in [0.717, 1.165) is 6.42 Å². The first-order valence-electron chi connectivity index (χ1n) is 6.95. The Hall–Kier alpha value is -1.35. The Bertz CT molecular complexity index is 485. The third kappa shape index (κ3) is 1.96. The lowest BCUT2D eigenvalue weighted by molar-refractivity contribution is -0.140. The summed E-state index contributed by atoms with van der Waals surface area (Å²) in [6.07, 6.45) is 0.796. The van der Waals surface area contributed by atoms with E-state index in [-0.39, 0.29) is 17.3 Å². The number of rotatable bonds is 4. The summed E-state index contributed by atoms with van der Waals surface area (Å²) >= 11 is 0. The van der Waals surface area contributed by atoms with Gasteiger partial charge in [-0.15, -0.1) is 0 Å². The molecule has 0 spiro atoms. The van der Waals surface area contributed by atoms with Gasteiger partial charge in [0.15, 0.2) is 0 Å². The molecule has 2 atom stereocenters. The molecule has 1 aromatic rings. The van der Waals surface area contributed by atoms with E-state index in [1.165, 1.54) is 11.1 Å². The van der Waals surface area contributed by atoms with Crippen molar-refractivity contribution in [1.29, 1.82) is 0 Å². The van der Waals surface area contributed by atoms with E-state index in [1.54, 1.807) is 0 Å². The van der Waals surface area contributed by atoms with Crippen molar-refractivity contribution in [3.05, 3.63) is 35.4 Å². The molecule has 1 aromatic carbocycles. The number of hydrogen-bond acceptors (Lipinski definition) is 2. The summed E-state index contributed by atoms with van der Waals surface area (Å²) in [4.78, 5) is 11.1. The van der Waals surface area contributed by atoms with Gasteiger partial charge in [0.2, 0.25) is 0 Å². The highest BCUT2D eigenvalue weighted by Crippen LogP contribution is 2.55. The van der Waals surface area contributed by atoms with Crippen molar-refractivity contribution >= 4 is 5.97 Å². The van der Waals surface area contributed by atoms with E-state index in [9.17, 15) is 4.79 Å². The van der Waals surface area contributed by atoms with Crippen molar-refractivity contribution in [3.8, 4) is 0 Å². The summed E-state index contributed by atoms with van der Waals surface area (Å²) in [5, 5.41) is 9.13. The number of benzene rings is 1. The summed E-state index contributed by atoms with van der Waals surface area (Å²) in [6.45, 7) is 5.70. The van der Waals surface area contributed by atoms with Crippen molar-refractivity contribution in [2.45, 2.75) is 31.6 Å². The number of carboxylic acids is 1. The van der Waals surface area contributed by atoms with Crippen molar-refractivity contribution in [1.82, 2.24) is 0 Å². The molecular weight excluding hydrogens is 240 g/mol. The average molecular weight is 260 g/mol. The summed E-state index contributed by atoms with van der Waals surface area (Å²) in [6, 6.07) is 8.65.